The van der Waals surface area contributed by atoms with Gasteiger partial charge in [0.05, 0.1) is 0 Å². The number of carbonyl (C=O) groups excluding carboxylic acids is 2. The van der Waals surface area contributed by atoms with Gasteiger partial charge in [0.15, 0.2) is 0 Å². The van der Waals surface area contributed by atoms with Gasteiger partial charge in [-0.3, -0.25) is 0 Å². The third-order valence-corrected chi connectivity index (χ3v) is 14.9. The average molecular weight is 624 g/mol. The average Bonchev–Trinajstić information content (AvgIpc) is 3.29. The Morgan fingerprint density at radius 2 is 1.47 bits per heavy atom. The molecule has 12 heteroatoms. The molecule has 2 atom stereocenters. The molecule has 0 aromatic heterocycles. The number of hydrogen-bond donors (Lipinski definition) is 1. The summed E-state index contributed by atoms with van der Waals surface area (Å²) in [6.45, 7) is -2.55. The summed E-state index contributed by atoms with van der Waals surface area (Å²) in [5.41, 5.74) is 0.196. The van der Waals surface area contributed by atoms with Crippen LogP contribution in [-0.4, -0.2) is 69.7 Å². The molecule has 0 spiro atoms. The number of allylic oxidation sites excluding steroid dienone is 1. The number of hydrogen-bond acceptors (Lipinski definition) is 7. The predicted octanol–water partition coefficient (Wildman–Crippen LogP) is 2.97. The van der Waals surface area contributed by atoms with Gasteiger partial charge in [-0.2, -0.15) is 0 Å². The van der Waals surface area contributed by atoms with E-state index in [9.17, 15) is 18.0 Å². The molecule has 2 aliphatic heterocycles. The van der Waals surface area contributed by atoms with Crippen LogP contribution in [0, 0.1) is 0 Å². The summed E-state index contributed by atoms with van der Waals surface area (Å²) >= 11 is 0. The molecule has 2 aliphatic rings. The van der Waals surface area contributed by atoms with Crippen LogP contribution in [0.1, 0.15) is 6.92 Å². The first-order chi connectivity index (χ1) is 20.7. The quantitative estimate of drug-likeness (QED) is 0.327. The van der Waals surface area contributed by atoms with Gasteiger partial charge in [0, 0.05) is 0 Å². The van der Waals surface area contributed by atoms with E-state index in [2.05, 4.69) is 5.32 Å². The number of methoxy groups -OCH3 is 1. The predicted molar refractivity (Wildman–Crippen MR) is 167 cm³/mol. The molecule has 2 bridgehead atoms. The van der Waals surface area contributed by atoms with E-state index in [0.717, 1.165) is 0 Å². The van der Waals surface area contributed by atoms with Crippen LogP contribution in [0.25, 0.3) is 0 Å². The number of nitrogens with zero attached hydrogens (tertiary/aromatic N) is 2. The Labute approximate surface area is 251 Å². The zero-order valence-corrected chi connectivity index (χ0v) is 25.8. The van der Waals surface area contributed by atoms with Crippen molar-refractivity contribution in [1.29, 1.82) is 0 Å². The third kappa shape index (κ3) is 5.17. The molecule has 226 valence electrons. The molecule has 10 nitrogen and oxygen atoms in total. The Kier molecular flexibility index (Phi) is 8.56. The second-order valence-electron chi connectivity index (χ2n) is 10.1. The van der Waals surface area contributed by atoms with Crippen molar-refractivity contribution < 1.29 is 31.0 Å². The second-order valence-corrected chi connectivity index (χ2v) is 15.8. The fraction of sp³-hybridized carbons (Fsp3) is 0.226. The number of likely N-dealkylation sites (N-methyl/N-ethyl adjacent to an activating group) is 1. The van der Waals surface area contributed by atoms with Crippen molar-refractivity contribution >= 4 is 45.1 Å². The fourth-order valence-corrected chi connectivity index (χ4v) is 13.4. The fourth-order valence-electron chi connectivity index (χ4n) is 5.89. The summed E-state index contributed by atoms with van der Waals surface area (Å²) in [6, 6.07) is 25.1. The number of carbonyl (C=O) groups is 2. The molecule has 1 fully saturated rings. The minimum atomic E-state index is -5.01. The number of urea groups is 1. The van der Waals surface area contributed by atoms with Crippen LogP contribution in [0.5, 0.6) is 0 Å². The summed E-state index contributed by atoms with van der Waals surface area (Å²) in [5.74, 6) is 1.34. The summed E-state index contributed by atoms with van der Waals surface area (Å²) < 4.78 is 45.9. The van der Waals surface area contributed by atoms with E-state index in [1.807, 2.05) is 91.0 Å². The Balaban J connectivity index is 1.68. The van der Waals surface area contributed by atoms with E-state index in [1.165, 1.54) is 19.1 Å². The first-order valence-corrected chi connectivity index (χ1v) is 17.3. The monoisotopic (exact) mass is 623 g/mol. The molecule has 1 N–H and O–H groups in total. The molecular formula is C31H34N3O7PS. The Bertz CT molecular complexity index is 1550. The van der Waals surface area contributed by atoms with Gasteiger partial charge in [0.25, 0.3) is 0 Å². The van der Waals surface area contributed by atoms with E-state index in [1.54, 1.807) is 24.9 Å². The van der Waals surface area contributed by atoms with Gasteiger partial charge < -0.3 is 0 Å². The zero-order valence-electron chi connectivity index (χ0n) is 24.1. The Morgan fingerprint density at radius 3 is 1.91 bits per heavy atom. The van der Waals surface area contributed by atoms with E-state index < -0.39 is 41.3 Å². The zero-order chi connectivity index (χ0) is 30.7. The van der Waals surface area contributed by atoms with Crippen LogP contribution in [-0.2, 0) is 28.2 Å². The van der Waals surface area contributed by atoms with E-state index in [4.69, 9.17) is 13.0 Å². The first kappa shape index (κ1) is 30.6. The van der Waals surface area contributed by atoms with Crippen LogP contribution in [0.15, 0.2) is 115 Å². The molecule has 0 unspecified atom stereocenters. The summed E-state index contributed by atoms with van der Waals surface area (Å²) in [7, 11) is -2.07. The number of nitrogens with one attached hydrogen (secondary N) is 1. The van der Waals surface area contributed by atoms with Crippen molar-refractivity contribution in [3.63, 3.8) is 0 Å². The van der Waals surface area contributed by atoms with E-state index in [0.29, 0.717) is 21.0 Å². The van der Waals surface area contributed by atoms with E-state index >= 15 is 0 Å². The van der Waals surface area contributed by atoms with Crippen molar-refractivity contribution in [2.24, 2.45) is 0 Å². The van der Waals surface area contributed by atoms with Crippen molar-refractivity contribution in [1.82, 2.24) is 15.3 Å². The van der Waals surface area contributed by atoms with Crippen LogP contribution < -0.4 is 21.2 Å². The molecule has 5 rings (SSSR count). The van der Waals surface area contributed by atoms with Gasteiger partial charge in [-0.15, -0.1) is 0 Å². The van der Waals surface area contributed by atoms with Crippen LogP contribution in [0.4, 0.5) is 4.79 Å². The summed E-state index contributed by atoms with van der Waals surface area (Å²) in [5, 5.41) is 5.10. The number of benzene rings is 3. The van der Waals surface area contributed by atoms with Gasteiger partial charge in [-0.1, -0.05) is 0 Å². The molecule has 3 aromatic rings. The maximum absolute atomic E-state index is 14.3. The Morgan fingerprint density at radius 1 is 0.953 bits per heavy atom. The Hall–Kier alpha value is -3.86. The molecule has 1 saturated heterocycles. The first-order valence-electron chi connectivity index (χ1n) is 13.7. The van der Waals surface area contributed by atoms with E-state index in [-0.39, 0.29) is 18.7 Å². The minimum absolute atomic E-state index is 0.0378. The maximum atomic E-state index is 14.3. The third-order valence-electron chi connectivity index (χ3n) is 7.70. The number of amides is 3. The summed E-state index contributed by atoms with van der Waals surface area (Å²) in [6.07, 6.45) is 3.37. The topological polar surface area (TPSA) is 114 Å². The molecule has 0 aliphatic carbocycles. The van der Waals surface area contributed by atoms with Crippen LogP contribution in [0.3, 0.4) is 0 Å². The van der Waals surface area contributed by atoms with Crippen molar-refractivity contribution in [2.75, 3.05) is 27.3 Å². The molecule has 2 heterocycles. The molecule has 3 aromatic carbocycles. The van der Waals surface area contributed by atoms with Gasteiger partial charge >= 0.3 is 252 Å². The normalized spacial score (nSPS) is 19.7. The van der Waals surface area contributed by atoms with Crippen molar-refractivity contribution in [3.8, 4) is 0 Å². The molecule has 0 saturated carbocycles. The number of rotatable bonds is 11. The number of fused-ring (bicyclic) bond motifs is 2. The van der Waals surface area contributed by atoms with Crippen LogP contribution in [0.2, 0.25) is 0 Å². The standard InChI is InChI=1S/C31H34N3O7PS/c1-4-20-42(25-14-8-5-9-15-25,26-16-10-6-11-17-26,27-18-12-7-13-19-27)41-43(37,38)40-34-29-22-33(31(34)36)24(23-39-3)21-28(29)30(35)32-2/h4-21,24,29H,22-23H2,1-3H3,(H,32,35)/b20-4+/t24-,29-/m0/s1. The van der Waals surface area contributed by atoms with Crippen LogP contribution >= 0.6 is 6.83 Å². The number of hydroxylamine groups is 2. The van der Waals surface area contributed by atoms with Crippen molar-refractivity contribution in [3.05, 3.63) is 115 Å². The molecular weight excluding hydrogens is 589 g/mol. The molecule has 3 amide bonds. The van der Waals surface area contributed by atoms with Gasteiger partial charge in [-0.05, 0) is 0 Å². The SMILES string of the molecule is C/C=C/P(OS(=O)(=O)ON1C(=O)N2C[C@H]1C(C(=O)NC)=C[C@H]2COC)(c1ccccc1)(c1ccccc1)c1ccccc1. The van der Waals surface area contributed by atoms with Crippen molar-refractivity contribution in [2.45, 2.75) is 19.0 Å². The molecule has 0 radical (unpaired) electrons. The van der Waals surface area contributed by atoms with Gasteiger partial charge in [-0.25, -0.2) is 0 Å². The molecule has 43 heavy (non-hydrogen) atoms. The van der Waals surface area contributed by atoms with Gasteiger partial charge in [0.1, 0.15) is 0 Å². The van der Waals surface area contributed by atoms with Gasteiger partial charge in [0.2, 0.25) is 0 Å². The summed E-state index contributed by atoms with van der Waals surface area (Å²) in [4.78, 5) is 27.8. The second kappa shape index (κ2) is 12.0. The number of ether oxygens (including phenoxy) is 1.